The van der Waals surface area contributed by atoms with Gasteiger partial charge in [-0.25, -0.2) is 9.37 Å². The number of carbonyl (C=O) groups is 1. The molecule has 98 valence electrons. The number of nitrogens with zero attached hydrogens (tertiary/aromatic N) is 1. The highest BCUT2D eigenvalue weighted by atomic mass is 35.5. The van der Waals surface area contributed by atoms with Crippen molar-refractivity contribution < 1.29 is 9.18 Å². The number of amides is 1. The Labute approximate surface area is 119 Å². The van der Waals surface area contributed by atoms with Crippen LogP contribution in [0.1, 0.15) is 0 Å². The van der Waals surface area contributed by atoms with Crippen molar-refractivity contribution in [2.24, 2.45) is 0 Å². The Hall–Kier alpha value is -1.59. The Kier molecular flexibility index (Phi) is 4.76. The zero-order valence-electron chi connectivity index (χ0n) is 9.77. The van der Waals surface area contributed by atoms with Crippen molar-refractivity contribution in [2.45, 2.75) is 5.03 Å². The first kappa shape index (κ1) is 13.8. The number of anilines is 1. The van der Waals surface area contributed by atoms with E-state index in [2.05, 4.69) is 10.3 Å². The fraction of sp³-hybridized carbons (Fsp3) is 0.0769. The second-order valence-electron chi connectivity index (χ2n) is 3.63. The van der Waals surface area contributed by atoms with E-state index in [1.807, 2.05) is 0 Å². The fourth-order valence-electron chi connectivity index (χ4n) is 1.34. The first-order valence-electron chi connectivity index (χ1n) is 5.44. The lowest BCUT2D eigenvalue weighted by atomic mass is 10.3. The first-order valence-corrected chi connectivity index (χ1v) is 6.80. The zero-order chi connectivity index (χ0) is 13.7. The second-order valence-corrected chi connectivity index (χ2v) is 5.01. The van der Waals surface area contributed by atoms with Gasteiger partial charge in [-0.1, -0.05) is 23.4 Å². The minimum atomic E-state index is -0.340. The van der Waals surface area contributed by atoms with E-state index in [1.54, 1.807) is 18.3 Å². The smallest absolute Gasteiger partial charge is 0.234 e. The predicted molar refractivity (Wildman–Crippen MR) is 75.0 cm³/mol. The molecule has 2 rings (SSSR count). The monoisotopic (exact) mass is 296 g/mol. The van der Waals surface area contributed by atoms with Crippen LogP contribution in [0.2, 0.25) is 5.02 Å². The van der Waals surface area contributed by atoms with Gasteiger partial charge in [-0.2, -0.15) is 0 Å². The van der Waals surface area contributed by atoms with E-state index in [0.29, 0.717) is 15.7 Å². The summed E-state index contributed by atoms with van der Waals surface area (Å²) in [6.45, 7) is 0. The van der Waals surface area contributed by atoms with Crippen LogP contribution >= 0.6 is 23.4 Å². The van der Waals surface area contributed by atoms with Crippen molar-refractivity contribution in [1.82, 2.24) is 4.98 Å². The van der Waals surface area contributed by atoms with Crippen molar-refractivity contribution in [1.29, 1.82) is 0 Å². The van der Waals surface area contributed by atoms with Gasteiger partial charge in [-0.3, -0.25) is 4.79 Å². The van der Waals surface area contributed by atoms with Crippen molar-refractivity contribution in [2.75, 3.05) is 11.1 Å². The van der Waals surface area contributed by atoms with E-state index in [4.69, 9.17) is 11.6 Å². The number of hydrogen-bond donors (Lipinski definition) is 1. The van der Waals surface area contributed by atoms with Gasteiger partial charge in [0.05, 0.1) is 10.8 Å². The molecule has 0 atom stereocenters. The van der Waals surface area contributed by atoms with Crippen molar-refractivity contribution in [3.05, 3.63) is 53.4 Å². The SMILES string of the molecule is O=C(CSc1ncccc1Cl)Nc1ccc(F)cc1. The van der Waals surface area contributed by atoms with E-state index in [9.17, 15) is 9.18 Å². The number of halogens is 2. The van der Waals surface area contributed by atoms with Crippen LogP contribution in [0, 0.1) is 5.82 Å². The minimum absolute atomic E-state index is 0.189. The van der Waals surface area contributed by atoms with Crippen LogP contribution in [0.4, 0.5) is 10.1 Å². The number of nitrogens with one attached hydrogen (secondary N) is 1. The molecule has 0 saturated heterocycles. The molecule has 0 saturated carbocycles. The molecule has 6 heteroatoms. The highest BCUT2D eigenvalue weighted by Gasteiger charge is 2.07. The molecule has 0 fully saturated rings. The molecule has 0 aliphatic heterocycles. The second kappa shape index (κ2) is 6.54. The number of pyridine rings is 1. The molecule has 0 radical (unpaired) electrons. The van der Waals surface area contributed by atoms with Crippen LogP contribution in [0.3, 0.4) is 0 Å². The van der Waals surface area contributed by atoms with Crippen LogP contribution in [0.15, 0.2) is 47.6 Å². The van der Waals surface area contributed by atoms with E-state index in [0.717, 1.165) is 0 Å². The van der Waals surface area contributed by atoms with Gasteiger partial charge in [0.25, 0.3) is 0 Å². The Morgan fingerprint density at radius 1 is 1.32 bits per heavy atom. The van der Waals surface area contributed by atoms with Crippen molar-refractivity contribution in [3.63, 3.8) is 0 Å². The van der Waals surface area contributed by atoms with Crippen molar-refractivity contribution in [3.8, 4) is 0 Å². The Morgan fingerprint density at radius 3 is 2.74 bits per heavy atom. The molecule has 1 aromatic heterocycles. The maximum absolute atomic E-state index is 12.7. The summed E-state index contributed by atoms with van der Waals surface area (Å²) in [5.41, 5.74) is 0.555. The molecule has 0 bridgehead atoms. The Morgan fingerprint density at radius 2 is 2.05 bits per heavy atom. The Balaban J connectivity index is 1.88. The number of hydrogen-bond acceptors (Lipinski definition) is 3. The molecule has 0 unspecified atom stereocenters. The largest absolute Gasteiger partial charge is 0.325 e. The number of carbonyl (C=O) groups excluding carboxylic acids is 1. The third-order valence-electron chi connectivity index (χ3n) is 2.19. The molecular weight excluding hydrogens is 287 g/mol. The molecular formula is C13H10ClFN2OS. The molecule has 2 aromatic rings. The molecule has 1 N–H and O–H groups in total. The van der Waals surface area contributed by atoms with Gasteiger partial charge in [0.2, 0.25) is 5.91 Å². The number of benzene rings is 1. The summed E-state index contributed by atoms with van der Waals surface area (Å²) in [4.78, 5) is 15.8. The third-order valence-corrected chi connectivity index (χ3v) is 3.62. The summed E-state index contributed by atoms with van der Waals surface area (Å²) >= 11 is 7.18. The van der Waals surface area contributed by atoms with Crippen LogP contribution in [0.25, 0.3) is 0 Å². The Bertz CT molecular complexity index is 577. The number of aromatic nitrogens is 1. The van der Waals surface area contributed by atoms with Gasteiger partial charge in [0.15, 0.2) is 0 Å². The molecule has 3 nitrogen and oxygen atoms in total. The average molecular weight is 297 g/mol. The van der Waals surface area contributed by atoms with Crippen LogP contribution in [0.5, 0.6) is 0 Å². The quantitative estimate of drug-likeness (QED) is 0.877. The highest BCUT2D eigenvalue weighted by Crippen LogP contribution is 2.24. The van der Waals surface area contributed by atoms with E-state index >= 15 is 0 Å². The molecule has 1 aromatic carbocycles. The van der Waals surface area contributed by atoms with Crippen molar-refractivity contribution >= 4 is 35.0 Å². The molecule has 1 heterocycles. The van der Waals surface area contributed by atoms with E-state index < -0.39 is 0 Å². The maximum atomic E-state index is 12.7. The van der Waals surface area contributed by atoms with E-state index in [-0.39, 0.29) is 17.5 Å². The minimum Gasteiger partial charge on any atom is -0.325 e. The van der Waals surface area contributed by atoms with Crippen LogP contribution in [-0.2, 0) is 4.79 Å². The highest BCUT2D eigenvalue weighted by molar-refractivity contribution is 8.00. The summed E-state index contributed by atoms with van der Waals surface area (Å²) in [5, 5.41) is 3.79. The van der Waals surface area contributed by atoms with Gasteiger partial charge in [0, 0.05) is 11.9 Å². The molecule has 1 amide bonds. The normalized spacial score (nSPS) is 10.2. The van der Waals surface area contributed by atoms with E-state index in [1.165, 1.54) is 36.0 Å². The molecule has 0 aliphatic rings. The van der Waals surface area contributed by atoms with Gasteiger partial charge in [0.1, 0.15) is 10.8 Å². The van der Waals surface area contributed by atoms with Crippen LogP contribution < -0.4 is 5.32 Å². The fourth-order valence-corrected chi connectivity index (χ4v) is 2.31. The molecule has 0 spiro atoms. The molecule has 0 aliphatic carbocycles. The van der Waals surface area contributed by atoms with Gasteiger partial charge in [-0.15, -0.1) is 0 Å². The third kappa shape index (κ3) is 4.22. The number of rotatable bonds is 4. The summed E-state index contributed by atoms with van der Waals surface area (Å²) in [7, 11) is 0. The maximum Gasteiger partial charge on any atom is 0.234 e. The lowest BCUT2D eigenvalue weighted by Crippen LogP contribution is -2.14. The summed E-state index contributed by atoms with van der Waals surface area (Å²) in [6.07, 6.45) is 1.62. The number of thioether (sulfide) groups is 1. The summed E-state index contributed by atoms with van der Waals surface area (Å²) in [5.74, 6) is -0.348. The summed E-state index contributed by atoms with van der Waals surface area (Å²) in [6, 6.07) is 9.04. The summed E-state index contributed by atoms with van der Waals surface area (Å²) < 4.78 is 12.7. The molecule has 19 heavy (non-hydrogen) atoms. The average Bonchev–Trinajstić information content (AvgIpc) is 2.40. The first-order chi connectivity index (χ1) is 9.15. The lowest BCUT2D eigenvalue weighted by Gasteiger charge is -2.05. The van der Waals surface area contributed by atoms with Gasteiger partial charge in [-0.05, 0) is 36.4 Å². The predicted octanol–water partition coefficient (Wildman–Crippen LogP) is 3.60. The topological polar surface area (TPSA) is 42.0 Å². The van der Waals surface area contributed by atoms with Crippen LogP contribution in [-0.4, -0.2) is 16.6 Å². The zero-order valence-corrected chi connectivity index (χ0v) is 11.3. The lowest BCUT2D eigenvalue weighted by molar-refractivity contribution is -0.113. The standard InChI is InChI=1S/C13H10ClFN2OS/c14-11-2-1-7-16-13(11)19-8-12(18)17-10-5-3-9(15)4-6-10/h1-7H,8H2,(H,17,18). The van der Waals surface area contributed by atoms with Gasteiger partial charge < -0.3 is 5.32 Å². The van der Waals surface area contributed by atoms with Gasteiger partial charge >= 0.3 is 0 Å².